The van der Waals surface area contributed by atoms with E-state index >= 15 is 0 Å². The minimum atomic E-state index is 0. The molecule has 0 saturated carbocycles. The van der Waals surface area contributed by atoms with Crippen LogP contribution in [0.2, 0.25) is 0 Å². The third-order valence-corrected chi connectivity index (χ3v) is 3.75. The molecular formula is C19H30IN5O2. The molecule has 0 fully saturated rings. The van der Waals surface area contributed by atoms with E-state index in [4.69, 9.17) is 9.47 Å². The predicted octanol–water partition coefficient (Wildman–Crippen LogP) is 2.27. The van der Waals surface area contributed by atoms with Crippen LogP contribution in [0.3, 0.4) is 0 Å². The fourth-order valence-corrected chi connectivity index (χ4v) is 2.39. The highest BCUT2D eigenvalue weighted by atomic mass is 127. The number of hydrogen-bond acceptors (Lipinski definition) is 4. The van der Waals surface area contributed by atoms with Crippen molar-refractivity contribution in [3.05, 3.63) is 53.9 Å². The number of ether oxygens (including phenoxy) is 2. The highest BCUT2D eigenvalue weighted by Gasteiger charge is 2.02. The van der Waals surface area contributed by atoms with Gasteiger partial charge in [0.05, 0.1) is 26.0 Å². The van der Waals surface area contributed by atoms with E-state index < -0.39 is 0 Å². The van der Waals surface area contributed by atoms with Gasteiger partial charge in [0.25, 0.3) is 0 Å². The molecule has 0 spiro atoms. The molecule has 27 heavy (non-hydrogen) atoms. The van der Waals surface area contributed by atoms with Crippen molar-refractivity contribution < 1.29 is 9.47 Å². The van der Waals surface area contributed by atoms with Crippen molar-refractivity contribution in [2.24, 2.45) is 4.99 Å². The molecule has 0 aliphatic heterocycles. The summed E-state index contributed by atoms with van der Waals surface area (Å²) in [7, 11) is 3.44. The topological polar surface area (TPSA) is 72.7 Å². The van der Waals surface area contributed by atoms with E-state index in [-0.39, 0.29) is 24.0 Å². The summed E-state index contributed by atoms with van der Waals surface area (Å²) in [5.41, 5.74) is 2.35. The van der Waals surface area contributed by atoms with Gasteiger partial charge < -0.3 is 20.1 Å². The second-order valence-corrected chi connectivity index (χ2v) is 5.84. The lowest BCUT2D eigenvalue weighted by Gasteiger charge is -2.11. The van der Waals surface area contributed by atoms with Crippen molar-refractivity contribution in [3.63, 3.8) is 0 Å². The van der Waals surface area contributed by atoms with Crippen molar-refractivity contribution >= 4 is 29.9 Å². The largest absolute Gasteiger partial charge is 0.382 e. The number of nitrogens with one attached hydrogen (secondary N) is 2. The quantitative estimate of drug-likeness (QED) is 0.220. The lowest BCUT2D eigenvalue weighted by molar-refractivity contribution is 0.0698. The van der Waals surface area contributed by atoms with Crippen molar-refractivity contribution in [2.45, 2.75) is 19.5 Å². The Balaban J connectivity index is 0.00000364. The highest BCUT2D eigenvalue weighted by Crippen LogP contribution is 2.03. The average molecular weight is 487 g/mol. The zero-order valence-corrected chi connectivity index (χ0v) is 18.4. The van der Waals surface area contributed by atoms with Crippen LogP contribution in [-0.2, 0) is 22.6 Å². The van der Waals surface area contributed by atoms with Gasteiger partial charge in [-0.25, -0.2) is 0 Å². The van der Waals surface area contributed by atoms with Gasteiger partial charge >= 0.3 is 0 Å². The zero-order valence-electron chi connectivity index (χ0n) is 16.1. The average Bonchev–Trinajstić information content (AvgIpc) is 3.11. The molecule has 1 heterocycles. The number of aliphatic imine (C=N–C) groups is 1. The molecule has 0 unspecified atom stereocenters. The second kappa shape index (κ2) is 14.4. The number of methoxy groups -OCH3 is 1. The minimum absolute atomic E-state index is 0. The number of nitrogens with zero attached hydrogens (tertiary/aromatic N) is 3. The molecule has 2 rings (SSSR count). The Hall–Kier alpha value is -1.65. The molecule has 0 bridgehead atoms. The number of aromatic nitrogens is 2. The number of benzene rings is 1. The Morgan fingerprint density at radius 1 is 1.11 bits per heavy atom. The Labute approximate surface area is 178 Å². The summed E-state index contributed by atoms with van der Waals surface area (Å²) in [4.78, 5) is 4.23. The fraction of sp³-hybridized carbons (Fsp3) is 0.474. The number of hydrogen-bond donors (Lipinski definition) is 2. The van der Waals surface area contributed by atoms with Gasteiger partial charge in [0.1, 0.15) is 0 Å². The first kappa shape index (κ1) is 23.4. The summed E-state index contributed by atoms with van der Waals surface area (Å²) in [5.74, 6) is 0.776. The Bertz CT molecular complexity index is 649. The maximum atomic E-state index is 5.43. The highest BCUT2D eigenvalue weighted by molar-refractivity contribution is 14.0. The molecule has 0 aliphatic rings. The first-order chi connectivity index (χ1) is 12.8. The van der Waals surface area contributed by atoms with Crippen LogP contribution in [0.4, 0.5) is 0 Å². The van der Waals surface area contributed by atoms with Gasteiger partial charge in [0, 0.05) is 45.6 Å². The van der Waals surface area contributed by atoms with Crippen LogP contribution in [0.1, 0.15) is 17.5 Å². The molecular weight excluding hydrogens is 457 g/mol. The SMILES string of the molecule is CN=C(NCCCOCCOC)NCc1cnn(Cc2ccccc2)c1.I. The summed E-state index contributed by atoms with van der Waals surface area (Å²) in [6.07, 6.45) is 4.85. The summed E-state index contributed by atoms with van der Waals surface area (Å²) in [5, 5.41) is 11.0. The van der Waals surface area contributed by atoms with Gasteiger partial charge in [-0.15, -0.1) is 24.0 Å². The van der Waals surface area contributed by atoms with Crippen molar-refractivity contribution in [3.8, 4) is 0 Å². The maximum Gasteiger partial charge on any atom is 0.191 e. The fourth-order valence-electron chi connectivity index (χ4n) is 2.39. The van der Waals surface area contributed by atoms with E-state index in [2.05, 4.69) is 39.1 Å². The molecule has 0 saturated heterocycles. The molecule has 0 radical (unpaired) electrons. The summed E-state index contributed by atoms with van der Waals surface area (Å²) >= 11 is 0. The third kappa shape index (κ3) is 9.73. The third-order valence-electron chi connectivity index (χ3n) is 3.75. The molecule has 0 aliphatic carbocycles. The standard InChI is InChI=1S/C19H29N5O2.HI/c1-20-19(21-9-6-10-26-12-11-25-2)22-13-18-14-23-24(16-18)15-17-7-4-3-5-8-17;/h3-5,7-8,14,16H,6,9-13,15H2,1-2H3,(H2,20,21,22);1H. The normalized spacial score (nSPS) is 11.1. The molecule has 150 valence electrons. The molecule has 7 nitrogen and oxygen atoms in total. The Morgan fingerprint density at radius 3 is 2.67 bits per heavy atom. The molecule has 1 aromatic carbocycles. The second-order valence-electron chi connectivity index (χ2n) is 5.84. The van der Waals surface area contributed by atoms with Gasteiger partial charge in [0.15, 0.2) is 5.96 Å². The van der Waals surface area contributed by atoms with E-state index in [0.29, 0.717) is 26.4 Å². The van der Waals surface area contributed by atoms with Crippen molar-refractivity contribution in [1.29, 1.82) is 0 Å². The summed E-state index contributed by atoms with van der Waals surface area (Å²) in [6, 6.07) is 10.3. The van der Waals surface area contributed by atoms with Crippen LogP contribution < -0.4 is 10.6 Å². The zero-order chi connectivity index (χ0) is 18.5. The maximum absolute atomic E-state index is 5.43. The molecule has 0 amide bonds. The number of halogens is 1. The molecule has 0 atom stereocenters. The van der Waals surface area contributed by atoms with Gasteiger partial charge in [0.2, 0.25) is 0 Å². The molecule has 1 aromatic heterocycles. The first-order valence-electron chi connectivity index (χ1n) is 8.88. The van der Waals surface area contributed by atoms with E-state index in [1.54, 1.807) is 14.2 Å². The first-order valence-corrected chi connectivity index (χ1v) is 8.88. The Morgan fingerprint density at radius 2 is 1.93 bits per heavy atom. The van der Waals surface area contributed by atoms with Crippen LogP contribution in [0, 0.1) is 0 Å². The van der Waals surface area contributed by atoms with Crippen LogP contribution in [0.15, 0.2) is 47.7 Å². The van der Waals surface area contributed by atoms with Gasteiger partial charge in [-0.05, 0) is 12.0 Å². The van der Waals surface area contributed by atoms with E-state index in [0.717, 1.165) is 31.0 Å². The smallest absolute Gasteiger partial charge is 0.191 e. The predicted molar refractivity (Wildman–Crippen MR) is 119 cm³/mol. The molecule has 2 aromatic rings. The Kier molecular flexibility index (Phi) is 12.5. The lowest BCUT2D eigenvalue weighted by atomic mass is 10.2. The van der Waals surface area contributed by atoms with Crippen molar-refractivity contribution in [2.75, 3.05) is 40.5 Å². The number of guanidine groups is 1. The number of rotatable bonds is 11. The van der Waals surface area contributed by atoms with Gasteiger partial charge in [-0.3, -0.25) is 9.67 Å². The van der Waals surface area contributed by atoms with Crippen LogP contribution in [0.25, 0.3) is 0 Å². The van der Waals surface area contributed by atoms with Gasteiger partial charge in [-0.1, -0.05) is 30.3 Å². The van der Waals surface area contributed by atoms with Crippen LogP contribution >= 0.6 is 24.0 Å². The van der Waals surface area contributed by atoms with Crippen LogP contribution in [0.5, 0.6) is 0 Å². The summed E-state index contributed by atoms with van der Waals surface area (Å²) < 4.78 is 12.3. The van der Waals surface area contributed by atoms with E-state index in [1.807, 2.05) is 29.1 Å². The van der Waals surface area contributed by atoms with E-state index in [1.165, 1.54) is 5.56 Å². The monoisotopic (exact) mass is 487 g/mol. The van der Waals surface area contributed by atoms with Crippen molar-refractivity contribution in [1.82, 2.24) is 20.4 Å². The minimum Gasteiger partial charge on any atom is -0.382 e. The lowest BCUT2D eigenvalue weighted by Crippen LogP contribution is -2.37. The van der Waals surface area contributed by atoms with Gasteiger partial charge in [-0.2, -0.15) is 5.10 Å². The van der Waals surface area contributed by atoms with Crippen LogP contribution in [-0.4, -0.2) is 56.3 Å². The summed E-state index contributed by atoms with van der Waals surface area (Å²) in [6.45, 7) is 4.24. The molecule has 2 N–H and O–H groups in total. The molecule has 8 heteroatoms. The van der Waals surface area contributed by atoms with E-state index in [9.17, 15) is 0 Å².